The van der Waals surface area contributed by atoms with Crippen LogP contribution >= 0.6 is 0 Å². The summed E-state index contributed by atoms with van der Waals surface area (Å²) in [6.07, 6.45) is 3.32. The fraction of sp³-hybridized carbons (Fsp3) is 0.588. The molecule has 0 bridgehead atoms. The maximum atomic E-state index is 12.5. The van der Waals surface area contributed by atoms with Gasteiger partial charge in [-0.2, -0.15) is 0 Å². The molecule has 0 saturated heterocycles. The number of hydrogen-bond donors (Lipinski definition) is 1. The molecule has 0 aliphatic carbocycles. The normalized spacial score (nSPS) is 11.0. The largest absolute Gasteiger partial charge is 0.497 e. The second kappa shape index (κ2) is 8.55. The Bertz CT molecular complexity index is 439. The first-order valence-corrected chi connectivity index (χ1v) is 7.71. The van der Waals surface area contributed by atoms with Gasteiger partial charge in [-0.25, -0.2) is 4.79 Å². The third-order valence-electron chi connectivity index (χ3n) is 3.47. The molecule has 0 heterocycles. The van der Waals surface area contributed by atoms with E-state index in [9.17, 15) is 4.79 Å². The van der Waals surface area contributed by atoms with Gasteiger partial charge in [0.2, 0.25) is 0 Å². The smallest absolute Gasteiger partial charge is 0.331 e. The van der Waals surface area contributed by atoms with Crippen LogP contribution in [0.2, 0.25) is 0 Å². The van der Waals surface area contributed by atoms with Gasteiger partial charge in [0.15, 0.2) is 0 Å². The number of esters is 1. The van der Waals surface area contributed by atoms with E-state index in [0.717, 1.165) is 37.1 Å². The van der Waals surface area contributed by atoms with Gasteiger partial charge in [-0.15, -0.1) is 0 Å². The number of carbonyl (C=O) groups is 1. The van der Waals surface area contributed by atoms with E-state index in [0.29, 0.717) is 6.61 Å². The molecule has 1 aromatic carbocycles. The average molecular weight is 293 g/mol. The molecule has 0 radical (unpaired) electrons. The van der Waals surface area contributed by atoms with E-state index < -0.39 is 5.54 Å². The fourth-order valence-electron chi connectivity index (χ4n) is 2.61. The molecule has 0 spiro atoms. The van der Waals surface area contributed by atoms with E-state index in [4.69, 9.17) is 9.47 Å². The third kappa shape index (κ3) is 4.66. The number of anilines is 1. The van der Waals surface area contributed by atoms with Gasteiger partial charge >= 0.3 is 5.97 Å². The van der Waals surface area contributed by atoms with E-state index in [1.807, 2.05) is 31.2 Å². The Kier molecular flexibility index (Phi) is 7.06. The van der Waals surface area contributed by atoms with E-state index in [2.05, 4.69) is 19.2 Å². The summed E-state index contributed by atoms with van der Waals surface area (Å²) in [5.74, 6) is 0.599. The minimum Gasteiger partial charge on any atom is -0.497 e. The topological polar surface area (TPSA) is 47.6 Å². The molecule has 0 amide bonds. The lowest BCUT2D eigenvalue weighted by Crippen LogP contribution is -2.47. The van der Waals surface area contributed by atoms with Gasteiger partial charge in [-0.3, -0.25) is 0 Å². The molecule has 0 aromatic heterocycles. The number of nitrogens with one attached hydrogen (secondary N) is 1. The SMILES string of the molecule is CCCC(CCC)(Nc1cccc(OC)c1)C(=O)OCC. The summed E-state index contributed by atoms with van der Waals surface area (Å²) in [6.45, 7) is 6.40. The summed E-state index contributed by atoms with van der Waals surface area (Å²) in [5, 5.41) is 3.40. The molecule has 1 N–H and O–H groups in total. The zero-order valence-electron chi connectivity index (χ0n) is 13.6. The zero-order chi connectivity index (χ0) is 15.7. The Hall–Kier alpha value is -1.71. The van der Waals surface area contributed by atoms with Crippen LogP contribution in [0, 0.1) is 0 Å². The maximum Gasteiger partial charge on any atom is 0.331 e. The molecule has 21 heavy (non-hydrogen) atoms. The van der Waals surface area contributed by atoms with Gasteiger partial charge in [0.1, 0.15) is 11.3 Å². The molecule has 118 valence electrons. The predicted octanol–water partition coefficient (Wildman–Crippen LogP) is 4.01. The molecular weight excluding hydrogens is 266 g/mol. The lowest BCUT2D eigenvalue weighted by Gasteiger charge is -2.33. The lowest BCUT2D eigenvalue weighted by atomic mass is 9.88. The van der Waals surface area contributed by atoms with Crippen molar-refractivity contribution < 1.29 is 14.3 Å². The number of rotatable bonds is 9. The Morgan fingerprint density at radius 1 is 1.19 bits per heavy atom. The first kappa shape index (κ1) is 17.3. The standard InChI is InChI=1S/C17H27NO3/c1-5-11-17(12-6-2,16(19)21-7-3)18-14-9-8-10-15(13-14)20-4/h8-10,13,18H,5-7,11-12H2,1-4H3. The van der Waals surface area contributed by atoms with Crippen LogP contribution in [0.15, 0.2) is 24.3 Å². The van der Waals surface area contributed by atoms with Gasteiger partial charge < -0.3 is 14.8 Å². The molecular formula is C17H27NO3. The summed E-state index contributed by atoms with van der Waals surface area (Å²) in [6, 6.07) is 7.65. The molecule has 0 saturated carbocycles. The highest BCUT2D eigenvalue weighted by Crippen LogP contribution is 2.28. The highest BCUT2D eigenvalue weighted by Gasteiger charge is 2.38. The lowest BCUT2D eigenvalue weighted by molar-refractivity contribution is -0.149. The van der Waals surface area contributed by atoms with Crippen molar-refractivity contribution >= 4 is 11.7 Å². The quantitative estimate of drug-likeness (QED) is 0.699. The van der Waals surface area contributed by atoms with E-state index >= 15 is 0 Å². The maximum absolute atomic E-state index is 12.5. The van der Waals surface area contributed by atoms with E-state index in [-0.39, 0.29) is 5.97 Å². The van der Waals surface area contributed by atoms with Gasteiger partial charge in [0.25, 0.3) is 0 Å². The van der Waals surface area contributed by atoms with Crippen molar-refractivity contribution in [3.63, 3.8) is 0 Å². The van der Waals surface area contributed by atoms with Crippen LogP contribution in [0.5, 0.6) is 5.75 Å². The number of benzene rings is 1. The van der Waals surface area contributed by atoms with Crippen LogP contribution < -0.4 is 10.1 Å². The minimum absolute atomic E-state index is 0.170. The van der Waals surface area contributed by atoms with Crippen molar-refractivity contribution in [1.29, 1.82) is 0 Å². The summed E-state index contributed by atoms with van der Waals surface area (Å²) in [4.78, 5) is 12.5. The van der Waals surface area contributed by atoms with E-state index in [1.165, 1.54) is 0 Å². The Labute approximate surface area is 127 Å². The van der Waals surface area contributed by atoms with Crippen molar-refractivity contribution in [1.82, 2.24) is 0 Å². The molecule has 1 aromatic rings. The van der Waals surface area contributed by atoms with Gasteiger partial charge in [0, 0.05) is 11.8 Å². The van der Waals surface area contributed by atoms with Crippen LogP contribution in [0.3, 0.4) is 0 Å². The van der Waals surface area contributed by atoms with Crippen molar-refractivity contribution in [2.45, 2.75) is 52.0 Å². The Morgan fingerprint density at radius 3 is 2.38 bits per heavy atom. The van der Waals surface area contributed by atoms with Crippen molar-refractivity contribution in [3.05, 3.63) is 24.3 Å². The minimum atomic E-state index is -0.661. The zero-order valence-corrected chi connectivity index (χ0v) is 13.6. The average Bonchev–Trinajstić information content (AvgIpc) is 2.48. The summed E-state index contributed by atoms with van der Waals surface area (Å²) < 4.78 is 10.5. The van der Waals surface area contributed by atoms with Crippen LogP contribution in [-0.2, 0) is 9.53 Å². The second-order valence-electron chi connectivity index (χ2n) is 5.16. The van der Waals surface area contributed by atoms with Crippen molar-refractivity contribution in [2.75, 3.05) is 19.0 Å². The molecule has 0 aliphatic rings. The van der Waals surface area contributed by atoms with Gasteiger partial charge in [-0.1, -0.05) is 32.8 Å². The van der Waals surface area contributed by atoms with Crippen LogP contribution in [0.1, 0.15) is 46.5 Å². The number of ether oxygens (including phenoxy) is 2. The number of carbonyl (C=O) groups excluding carboxylic acids is 1. The summed E-state index contributed by atoms with van der Waals surface area (Å²) in [5.41, 5.74) is 0.218. The monoisotopic (exact) mass is 293 g/mol. The molecule has 1 rings (SSSR count). The molecule has 0 atom stereocenters. The second-order valence-corrected chi connectivity index (χ2v) is 5.16. The van der Waals surface area contributed by atoms with Crippen LogP contribution in [0.25, 0.3) is 0 Å². The molecule has 0 fully saturated rings. The molecule has 4 heteroatoms. The van der Waals surface area contributed by atoms with Gasteiger partial charge in [0.05, 0.1) is 13.7 Å². The first-order chi connectivity index (χ1) is 10.1. The fourth-order valence-corrected chi connectivity index (χ4v) is 2.61. The third-order valence-corrected chi connectivity index (χ3v) is 3.47. The van der Waals surface area contributed by atoms with E-state index in [1.54, 1.807) is 7.11 Å². The summed E-state index contributed by atoms with van der Waals surface area (Å²) >= 11 is 0. The Balaban J connectivity index is 3.06. The number of hydrogen-bond acceptors (Lipinski definition) is 4. The molecule has 0 unspecified atom stereocenters. The molecule has 0 aliphatic heterocycles. The van der Waals surface area contributed by atoms with Gasteiger partial charge in [-0.05, 0) is 31.9 Å². The van der Waals surface area contributed by atoms with Crippen molar-refractivity contribution in [2.24, 2.45) is 0 Å². The van der Waals surface area contributed by atoms with Crippen LogP contribution in [-0.4, -0.2) is 25.2 Å². The highest BCUT2D eigenvalue weighted by molar-refractivity contribution is 5.84. The first-order valence-electron chi connectivity index (χ1n) is 7.71. The van der Waals surface area contributed by atoms with Crippen molar-refractivity contribution in [3.8, 4) is 5.75 Å². The highest BCUT2D eigenvalue weighted by atomic mass is 16.5. The predicted molar refractivity (Wildman–Crippen MR) is 85.8 cm³/mol. The Morgan fingerprint density at radius 2 is 1.86 bits per heavy atom. The number of methoxy groups -OCH3 is 1. The summed E-state index contributed by atoms with van der Waals surface area (Å²) in [7, 11) is 1.63. The van der Waals surface area contributed by atoms with Crippen LogP contribution in [0.4, 0.5) is 5.69 Å². The molecule has 4 nitrogen and oxygen atoms in total.